The predicted octanol–water partition coefficient (Wildman–Crippen LogP) is 5.69. The van der Waals surface area contributed by atoms with Crippen molar-refractivity contribution in [2.24, 2.45) is 0 Å². The third-order valence-corrected chi connectivity index (χ3v) is 4.83. The third-order valence-electron chi connectivity index (χ3n) is 4.83. The molecule has 27 heavy (non-hydrogen) atoms. The molecule has 0 radical (unpaired) electrons. The van der Waals surface area contributed by atoms with Gasteiger partial charge in [0.25, 0.3) is 0 Å². The number of fused-ring (bicyclic) bond motifs is 1. The third kappa shape index (κ3) is 3.43. The van der Waals surface area contributed by atoms with Gasteiger partial charge in [0, 0.05) is 23.4 Å². The Morgan fingerprint density at radius 1 is 0.889 bits per heavy atom. The molecule has 1 atom stereocenters. The van der Waals surface area contributed by atoms with Gasteiger partial charge in [0.05, 0.1) is 6.20 Å². The van der Waals surface area contributed by atoms with Crippen LogP contribution in [0.4, 0.5) is 5.82 Å². The fraction of sp³-hybridized carbons (Fsp3) is 0.217. The van der Waals surface area contributed by atoms with E-state index >= 15 is 0 Å². The van der Waals surface area contributed by atoms with E-state index in [-0.39, 0.29) is 6.04 Å². The van der Waals surface area contributed by atoms with Gasteiger partial charge in [-0.25, -0.2) is 4.98 Å². The van der Waals surface area contributed by atoms with Gasteiger partial charge in [-0.05, 0) is 24.0 Å². The monoisotopic (exact) mass is 356 g/mol. The summed E-state index contributed by atoms with van der Waals surface area (Å²) in [6.45, 7) is 6.50. The van der Waals surface area contributed by atoms with Crippen molar-refractivity contribution in [2.75, 3.05) is 5.32 Å². The van der Waals surface area contributed by atoms with Crippen molar-refractivity contribution in [3.05, 3.63) is 84.2 Å². The minimum atomic E-state index is 0.168. The number of nitrogens with zero attached hydrogens (tertiary/aromatic N) is 3. The molecule has 0 fully saturated rings. The van der Waals surface area contributed by atoms with Gasteiger partial charge in [0.1, 0.15) is 5.82 Å². The topological polar surface area (TPSA) is 42.2 Å². The number of hydrogen-bond donors (Lipinski definition) is 1. The first-order chi connectivity index (χ1) is 13.1. The van der Waals surface area contributed by atoms with Crippen LogP contribution in [0.25, 0.3) is 16.8 Å². The molecule has 0 spiro atoms. The van der Waals surface area contributed by atoms with Crippen molar-refractivity contribution in [2.45, 2.75) is 32.7 Å². The van der Waals surface area contributed by atoms with Crippen molar-refractivity contribution in [1.29, 1.82) is 0 Å². The van der Waals surface area contributed by atoms with E-state index < -0.39 is 0 Å². The zero-order valence-electron chi connectivity index (χ0n) is 15.9. The smallest absolute Gasteiger partial charge is 0.165 e. The Morgan fingerprint density at radius 2 is 1.56 bits per heavy atom. The number of benzene rings is 2. The maximum atomic E-state index is 4.91. The molecule has 0 amide bonds. The normalized spacial score (nSPS) is 12.4. The standard InChI is InChI=1S/C23H24N4/c1-16(2)21-14-22(25-17(3)18-10-6-4-7-11-18)27-23(26-21)20(15-24-27)19-12-8-5-9-13-19/h4-17,25H,1-3H3. The molecule has 1 unspecified atom stereocenters. The van der Waals surface area contributed by atoms with Crippen LogP contribution in [0, 0.1) is 0 Å². The zero-order chi connectivity index (χ0) is 18.8. The zero-order valence-corrected chi connectivity index (χ0v) is 15.9. The van der Waals surface area contributed by atoms with Crippen LogP contribution in [0.15, 0.2) is 72.9 Å². The average molecular weight is 356 g/mol. The van der Waals surface area contributed by atoms with Gasteiger partial charge in [-0.3, -0.25) is 0 Å². The summed E-state index contributed by atoms with van der Waals surface area (Å²) < 4.78 is 1.91. The molecule has 0 aliphatic heterocycles. The molecule has 0 aliphatic rings. The minimum absolute atomic E-state index is 0.168. The summed E-state index contributed by atoms with van der Waals surface area (Å²) in [7, 11) is 0. The lowest BCUT2D eigenvalue weighted by Crippen LogP contribution is -2.12. The van der Waals surface area contributed by atoms with E-state index in [0.717, 1.165) is 28.3 Å². The minimum Gasteiger partial charge on any atom is -0.363 e. The van der Waals surface area contributed by atoms with Crippen LogP contribution in [0.5, 0.6) is 0 Å². The van der Waals surface area contributed by atoms with Gasteiger partial charge in [0.15, 0.2) is 5.65 Å². The van der Waals surface area contributed by atoms with Crippen molar-refractivity contribution in [1.82, 2.24) is 14.6 Å². The molecule has 2 heterocycles. The van der Waals surface area contributed by atoms with Crippen LogP contribution in [0.2, 0.25) is 0 Å². The highest BCUT2D eigenvalue weighted by molar-refractivity contribution is 5.78. The second-order valence-corrected chi connectivity index (χ2v) is 7.16. The maximum Gasteiger partial charge on any atom is 0.165 e. The first-order valence-corrected chi connectivity index (χ1v) is 9.39. The number of nitrogens with one attached hydrogen (secondary N) is 1. The molecule has 0 aliphatic carbocycles. The largest absolute Gasteiger partial charge is 0.363 e. The number of aromatic nitrogens is 3. The van der Waals surface area contributed by atoms with Gasteiger partial charge < -0.3 is 5.32 Å². The Kier molecular flexibility index (Phi) is 4.63. The van der Waals surface area contributed by atoms with Gasteiger partial charge >= 0.3 is 0 Å². The molecule has 2 aromatic heterocycles. The van der Waals surface area contributed by atoms with Crippen LogP contribution in [0.3, 0.4) is 0 Å². The van der Waals surface area contributed by atoms with Crippen LogP contribution >= 0.6 is 0 Å². The quantitative estimate of drug-likeness (QED) is 0.499. The Bertz CT molecular complexity index is 1040. The number of rotatable bonds is 5. The Hall–Kier alpha value is -3.14. The van der Waals surface area contributed by atoms with Crippen molar-refractivity contribution >= 4 is 11.5 Å². The van der Waals surface area contributed by atoms with Gasteiger partial charge in [-0.2, -0.15) is 9.61 Å². The molecule has 0 saturated heterocycles. The van der Waals surface area contributed by atoms with Crippen molar-refractivity contribution in [3.8, 4) is 11.1 Å². The Balaban J connectivity index is 1.81. The SMILES string of the molecule is CC(C)c1cc(NC(C)c2ccccc2)n2ncc(-c3ccccc3)c2n1. The highest BCUT2D eigenvalue weighted by Crippen LogP contribution is 2.29. The van der Waals surface area contributed by atoms with E-state index in [1.54, 1.807) is 0 Å². The Labute approximate surface area is 159 Å². The van der Waals surface area contributed by atoms with Crippen LogP contribution < -0.4 is 5.32 Å². The molecule has 0 bridgehead atoms. The lowest BCUT2D eigenvalue weighted by atomic mass is 10.1. The van der Waals surface area contributed by atoms with Crippen LogP contribution in [-0.4, -0.2) is 14.6 Å². The number of hydrogen-bond acceptors (Lipinski definition) is 3. The first-order valence-electron chi connectivity index (χ1n) is 9.39. The van der Waals surface area contributed by atoms with Gasteiger partial charge in [-0.1, -0.05) is 74.5 Å². The van der Waals surface area contributed by atoms with Crippen molar-refractivity contribution in [3.63, 3.8) is 0 Å². The lowest BCUT2D eigenvalue weighted by molar-refractivity contribution is 0.795. The van der Waals surface area contributed by atoms with E-state index in [4.69, 9.17) is 4.98 Å². The van der Waals surface area contributed by atoms with Gasteiger partial charge in [-0.15, -0.1) is 0 Å². The number of anilines is 1. The maximum absolute atomic E-state index is 4.91. The molecular formula is C23H24N4. The van der Waals surface area contributed by atoms with Crippen LogP contribution in [-0.2, 0) is 0 Å². The summed E-state index contributed by atoms with van der Waals surface area (Å²) in [5, 5.41) is 8.26. The van der Waals surface area contributed by atoms with E-state index in [2.05, 4.69) is 73.7 Å². The lowest BCUT2D eigenvalue weighted by Gasteiger charge is -2.18. The second-order valence-electron chi connectivity index (χ2n) is 7.16. The van der Waals surface area contributed by atoms with E-state index in [1.807, 2.05) is 35.0 Å². The summed E-state index contributed by atoms with van der Waals surface area (Å²) in [5.74, 6) is 1.29. The van der Waals surface area contributed by atoms with Crippen molar-refractivity contribution < 1.29 is 0 Å². The average Bonchev–Trinajstić information content (AvgIpc) is 3.13. The summed E-state index contributed by atoms with van der Waals surface area (Å²) in [4.78, 5) is 4.91. The fourth-order valence-electron chi connectivity index (χ4n) is 3.25. The summed E-state index contributed by atoms with van der Waals surface area (Å²) in [5.41, 5.74) is 5.36. The highest BCUT2D eigenvalue weighted by Gasteiger charge is 2.16. The fourth-order valence-corrected chi connectivity index (χ4v) is 3.25. The predicted molar refractivity (Wildman–Crippen MR) is 111 cm³/mol. The highest BCUT2D eigenvalue weighted by atomic mass is 15.3. The van der Waals surface area contributed by atoms with Gasteiger partial charge in [0.2, 0.25) is 0 Å². The summed E-state index contributed by atoms with van der Waals surface area (Å²) in [6.07, 6.45) is 1.90. The molecule has 2 aromatic carbocycles. The molecule has 0 saturated carbocycles. The molecule has 1 N–H and O–H groups in total. The summed E-state index contributed by atoms with van der Waals surface area (Å²) in [6, 6.07) is 23.0. The van der Waals surface area contributed by atoms with E-state index in [0.29, 0.717) is 5.92 Å². The summed E-state index contributed by atoms with van der Waals surface area (Å²) >= 11 is 0. The van der Waals surface area contributed by atoms with Crippen LogP contribution in [0.1, 0.15) is 44.0 Å². The van der Waals surface area contributed by atoms with E-state index in [9.17, 15) is 0 Å². The second kappa shape index (κ2) is 7.23. The molecule has 136 valence electrons. The Morgan fingerprint density at radius 3 is 2.22 bits per heavy atom. The first kappa shape index (κ1) is 17.3. The molecule has 4 rings (SSSR count). The molecular weight excluding hydrogens is 332 g/mol. The molecule has 4 heteroatoms. The molecule has 4 nitrogen and oxygen atoms in total. The van der Waals surface area contributed by atoms with E-state index in [1.165, 1.54) is 5.56 Å². The molecule has 4 aromatic rings.